The van der Waals surface area contributed by atoms with E-state index in [2.05, 4.69) is 22.2 Å². The SMILES string of the molecule is CCCSCC(NC)c1nccnc1OC. The minimum absolute atomic E-state index is 0.195. The van der Waals surface area contributed by atoms with E-state index in [1.54, 1.807) is 19.5 Å². The predicted molar refractivity (Wildman–Crippen MR) is 68.0 cm³/mol. The van der Waals surface area contributed by atoms with Gasteiger partial charge in [-0.2, -0.15) is 11.8 Å². The summed E-state index contributed by atoms with van der Waals surface area (Å²) in [4.78, 5) is 8.50. The smallest absolute Gasteiger partial charge is 0.237 e. The molecule has 0 bridgehead atoms. The third-order valence-corrected chi connectivity index (χ3v) is 3.46. The molecule has 4 nitrogen and oxygen atoms in total. The van der Waals surface area contributed by atoms with Gasteiger partial charge in [0.1, 0.15) is 5.69 Å². The fourth-order valence-corrected chi connectivity index (χ4v) is 2.39. The zero-order valence-electron chi connectivity index (χ0n) is 10.1. The first kappa shape index (κ1) is 13.3. The van der Waals surface area contributed by atoms with Crippen molar-refractivity contribution in [3.8, 4) is 5.88 Å². The van der Waals surface area contributed by atoms with Gasteiger partial charge in [0.05, 0.1) is 13.2 Å². The van der Waals surface area contributed by atoms with Gasteiger partial charge in [-0.05, 0) is 19.2 Å². The molecule has 16 heavy (non-hydrogen) atoms. The van der Waals surface area contributed by atoms with Gasteiger partial charge in [-0.1, -0.05) is 6.92 Å². The van der Waals surface area contributed by atoms with E-state index in [4.69, 9.17) is 4.74 Å². The Kier molecular flexibility index (Phi) is 6.18. The van der Waals surface area contributed by atoms with Crippen LogP contribution in [0, 0.1) is 0 Å². The summed E-state index contributed by atoms with van der Waals surface area (Å²) in [6.07, 6.45) is 4.54. The highest BCUT2D eigenvalue weighted by Crippen LogP contribution is 2.23. The van der Waals surface area contributed by atoms with Gasteiger partial charge < -0.3 is 10.1 Å². The second kappa shape index (κ2) is 7.46. The lowest BCUT2D eigenvalue weighted by molar-refractivity contribution is 0.383. The monoisotopic (exact) mass is 241 g/mol. The predicted octanol–water partition coefficient (Wildman–Crippen LogP) is 1.89. The molecule has 1 rings (SSSR count). The van der Waals surface area contributed by atoms with Crippen molar-refractivity contribution >= 4 is 11.8 Å². The summed E-state index contributed by atoms with van der Waals surface area (Å²) in [5, 5.41) is 3.25. The number of hydrogen-bond donors (Lipinski definition) is 1. The van der Waals surface area contributed by atoms with E-state index in [0.29, 0.717) is 5.88 Å². The Labute approximate surface area is 101 Å². The maximum absolute atomic E-state index is 5.21. The standard InChI is InChI=1S/C11H19N3OS/c1-4-7-16-8-9(12-2)10-11(15-3)14-6-5-13-10/h5-6,9,12H,4,7-8H2,1-3H3. The van der Waals surface area contributed by atoms with Crippen LogP contribution in [0.5, 0.6) is 5.88 Å². The Morgan fingerprint density at radius 1 is 1.44 bits per heavy atom. The molecular weight excluding hydrogens is 222 g/mol. The van der Waals surface area contributed by atoms with Crippen molar-refractivity contribution in [2.75, 3.05) is 25.7 Å². The van der Waals surface area contributed by atoms with Crippen LogP contribution in [-0.2, 0) is 0 Å². The second-order valence-corrected chi connectivity index (χ2v) is 4.52. The molecular formula is C11H19N3OS. The molecule has 0 aliphatic heterocycles. The third kappa shape index (κ3) is 3.64. The molecule has 1 aromatic rings. The van der Waals surface area contributed by atoms with Crippen LogP contribution >= 0.6 is 11.8 Å². The average Bonchev–Trinajstić information content (AvgIpc) is 2.35. The normalized spacial score (nSPS) is 12.4. The number of methoxy groups -OCH3 is 1. The first-order chi connectivity index (χ1) is 7.83. The zero-order valence-corrected chi connectivity index (χ0v) is 10.9. The van der Waals surface area contributed by atoms with Gasteiger partial charge in [0.2, 0.25) is 5.88 Å². The first-order valence-electron chi connectivity index (χ1n) is 5.43. The number of aromatic nitrogens is 2. The molecule has 0 amide bonds. The summed E-state index contributed by atoms with van der Waals surface area (Å²) in [5.41, 5.74) is 0.885. The zero-order chi connectivity index (χ0) is 11.8. The van der Waals surface area contributed by atoms with E-state index < -0.39 is 0 Å². The Hall–Kier alpha value is -0.810. The van der Waals surface area contributed by atoms with Crippen LogP contribution in [0.25, 0.3) is 0 Å². The quantitative estimate of drug-likeness (QED) is 0.739. The van der Waals surface area contributed by atoms with Gasteiger partial charge in [-0.15, -0.1) is 0 Å². The van der Waals surface area contributed by atoms with Crippen LogP contribution in [0.3, 0.4) is 0 Å². The minimum atomic E-state index is 0.195. The summed E-state index contributed by atoms with van der Waals surface area (Å²) in [6, 6.07) is 0.195. The van der Waals surface area contributed by atoms with Crippen molar-refractivity contribution in [2.24, 2.45) is 0 Å². The first-order valence-corrected chi connectivity index (χ1v) is 6.58. The fraction of sp³-hybridized carbons (Fsp3) is 0.636. The topological polar surface area (TPSA) is 47.0 Å². The van der Waals surface area contributed by atoms with E-state index in [0.717, 1.165) is 11.4 Å². The van der Waals surface area contributed by atoms with Gasteiger partial charge >= 0.3 is 0 Å². The Morgan fingerprint density at radius 3 is 2.81 bits per heavy atom. The maximum atomic E-state index is 5.21. The van der Waals surface area contributed by atoms with Crippen LogP contribution in [0.4, 0.5) is 0 Å². The van der Waals surface area contributed by atoms with Gasteiger partial charge in [-0.3, -0.25) is 4.98 Å². The van der Waals surface area contributed by atoms with E-state index >= 15 is 0 Å². The highest BCUT2D eigenvalue weighted by Gasteiger charge is 2.16. The molecule has 0 aromatic carbocycles. The minimum Gasteiger partial charge on any atom is -0.480 e. The van der Waals surface area contributed by atoms with Crippen LogP contribution in [0.1, 0.15) is 25.1 Å². The molecule has 0 fully saturated rings. The van der Waals surface area contributed by atoms with Crippen LogP contribution in [-0.4, -0.2) is 35.6 Å². The molecule has 1 atom stereocenters. The number of thioether (sulfide) groups is 1. The van der Waals surface area contributed by atoms with Gasteiger partial charge in [-0.25, -0.2) is 4.98 Å². The van der Waals surface area contributed by atoms with Crippen molar-refractivity contribution in [2.45, 2.75) is 19.4 Å². The maximum Gasteiger partial charge on any atom is 0.237 e. The average molecular weight is 241 g/mol. The van der Waals surface area contributed by atoms with Crippen molar-refractivity contribution in [1.82, 2.24) is 15.3 Å². The summed E-state index contributed by atoms with van der Waals surface area (Å²) in [6.45, 7) is 2.18. The van der Waals surface area contributed by atoms with Crippen LogP contribution < -0.4 is 10.1 Å². The van der Waals surface area contributed by atoms with E-state index in [9.17, 15) is 0 Å². The van der Waals surface area contributed by atoms with Crippen molar-refractivity contribution in [3.05, 3.63) is 18.1 Å². The van der Waals surface area contributed by atoms with Gasteiger partial charge in [0, 0.05) is 18.1 Å². The molecule has 5 heteroatoms. The third-order valence-electron chi connectivity index (χ3n) is 2.20. The highest BCUT2D eigenvalue weighted by atomic mass is 32.2. The summed E-state index contributed by atoms with van der Waals surface area (Å²) in [7, 11) is 3.56. The van der Waals surface area contributed by atoms with Crippen molar-refractivity contribution in [1.29, 1.82) is 0 Å². The number of nitrogens with zero attached hydrogens (tertiary/aromatic N) is 2. The van der Waals surface area contributed by atoms with Crippen LogP contribution in [0.2, 0.25) is 0 Å². The molecule has 0 saturated carbocycles. The largest absolute Gasteiger partial charge is 0.480 e. The number of nitrogens with one attached hydrogen (secondary N) is 1. The summed E-state index contributed by atoms with van der Waals surface area (Å²) in [5.74, 6) is 2.76. The second-order valence-electron chi connectivity index (χ2n) is 3.37. The highest BCUT2D eigenvalue weighted by molar-refractivity contribution is 7.99. The Bertz CT molecular complexity index is 309. The van der Waals surface area contributed by atoms with Crippen LogP contribution in [0.15, 0.2) is 12.4 Å². The van der Waals surface area contributed by atoms with Crippen molar-refractivity contribution in [3.63, 3.8) is 0 Å². The molecule has 1 heterocycles. The number of ether oxygens (including phenoxy) is 1. The van der Waals surface area contributed by atoms with E-state index in [-0.39, 0.29) is 6.04 Å². The number of rotatable bonds is 7. The molecule has 0 aliphatic carbocycles. The Morgan fingerprint density at radius 2 is 2.19 bits per heavy atom. The lowest BCUT2D eigenvalue weighted by atomic mass is 10.2. The fourth-order valence-electron chi connectivity index (χ4n) is 1.38. The molecule has 0 spiro atoms. The summed E-state index contributed by atoms with van der Waals surface area (Å²) < 4.78 is 5.21. The molecule has 0 aliphatic rings. The molecule has 1 unspecified atom stereocenters. The molecule has 0 saturated heterocycles. The lowest BCUT2D eigenvalue weighted by Gasteiger charge is -2.16. The Balaban J connectivity index is 2.69. The molecule has 90 valence electrons. The number of hydrogen-bond acceptors (Lipinski definition) is 5. The van der Waals surface area contributed by atoms with E-state index in [1.165, 1.54) is 12.2 Å². The molecule has 0 radical (unpaired) electrons. The lowest BCUT2D eigenvalue weighted by Crippen LogP contribution is -2.21. The molecule has 1 aromatic heterocycles. The van der Waals surface area contributed by atoms with E-state index in [1.807, 2.05) is 18.8 Å². The molecule has 1 N–H and O–H groups in total. The summed E-state index contributed by atoms with van der Waals surface area (Å²) >= 11 is 1.91. The van der Waals surface area contributed by atoms with Crippen molar-refractivity contribution < 1.29 is 4.74 Å². The van der Waals surface area contributed by atoms with Gasteiger partial charge in [0.25, 0.3) is 0 Å². The van der Waals surface area contributed by atoms with Gasteiger partial charge in [0.15, 0.2) is 0 Å².